The number of fused-ring (bicyclic) bond motifs is 1. The molecular weight excluding hydrogens is 404 g/mol. The number of ether oxygens (including phenoxy) is 1. The molecule has 2 aliphatic rings. The molecule has 168 valence electrons. The highest BCUT2D eigenvalue weighted by molar-refractivity contribution is 6.00. The van der Waals surface area contributed by atoms with Gasteiger partial charge in [-0.2, -0.15) is 0 Å². The smallest absolute Gasteiger partial charge is 0.255 e. The second-order valence-corrected chi connectivity index (χ2v) is 8.58. The Bertz CT molecular complexity index is 1060. The third-order valence-electron chi connectivity index (χ3n) is 5.79. The summed E-state index contributed by atoms with van der Waals surface area (Å²) in [4.78, 5) is 26.6. The SMILES string of the molecule is C=C(NC(=O)c1ccc(OC(C)C)c(N)c1)c1cccc2c1CC[C@@H]2NCC(=O)N1CC1. The Kier molecular flexibility index (Phi) is 6.19. The summed E-state index contributed by atoms with van der Waals surface area (Å²) < 4.78 is 5.64. The number of benzene rings is 2. The fourth-order valence-corrected chi connectivity index (χ4v) is 4.10. The van der Waals surface area contributed by atoms with Crippen molar-refractivity contribution in [3.63, 3.8) is 0 Å². The fourth-order valence-electron chi connectivity index (χ4n) is 4.10. The maximum atomic E-state index is 12.8. The molecule has 0 aromatic heterocycles. The molecular formula is C25H30N4O3. The van der Waals surface area contributed by atoms with E-state index in [0.717, 1.165) is 42.6 Å². The van der Waals surface area contributed by atoms with Crippen molar-refractivity contribution >= 4 is 23.2 Å². The standard InChI is InChI=1S/C25H30N4O3/c1-15(2)32-23-10-7-17(13-21(23)26)25(31)28-16(3)18-5-4-6-20-19(18)8-9-22(20)27-14-24(30)29-11-12-29/h4-7,10,13,15,22,27H,3,8-9,11-12,14,26H2,1-2H3,(H,28,31)/t22-/m0/s1. The lowest BCUT2D eigenvalue weighted by Crippen LogP contribution is -2.30. The molecule has 4 rings (SSSR count). The van der Waals surface area contributed by atoms with Gasteiger partial charge in [0.05, 0.1) is 18.3 Å². The van der Waals surface area contributed by atoms with Gasteiger partial charge in [-0.3, -0.25) is 9.59 Å². The van der Waals surface area contributed by atoms with Gasteiger partial charge in [0, 0.05) is 36.0 Å². The lowest BCUT2D eigenvalue weighted by molar-refractivity contribution is -0.124. The Balaban J connectivity index is 1.43. The van der Waals surface area contributed by atoms with Crippen molar-refractivity contribution in [3.05, 3.63) is 65.2 Å². The predicted octanol–water partition coefficient (Wildman–Crippen LogP) is 2.88. The van der Waals surface area contributed by atoms with Gasteiger partial charge in [-0.15, -0.1) is 0 Å². The van der Waals surface area contributed by atoms with E-state index in [1.54, 1.807) is 18.2 Å². The van der Waals surface area contributed by atoms with E-state index in [1.165, 1.54) is 0 Å². The number of nitrogens with two attached hydrogens (primary N) is 1. The third kappa shape index (κ3) is 4.78. The molecule has 32 heavy (non-hydrogen) atoms. The summed E-state index contributed by atoms with van der Waals surface area (Å²) >= 11 is 0. The van der Waals surface area contributed by atoms with E-state index in [0.29, 0.717) is 29.2 Å². The van der Waals surface area contributed by atoms with E-state index in [2.05, 4.69) is 23.3 Å². The summed E-state index contributed by atoms with van der Waals surface area (Å²) in [6.07, 6.45) is 1.78. The van der Waals surface area contributed by atoms with Gasteiger partial charge in [0.15, 0.2) is 0 Å². The third-order valence-corrected chi connectivity index (χ3v) is 5.79. The van der Waals surface area contributed by atoms with Crippen LogP contribution in [0.1, 0.15) is 53.4 Å². The van der Waals surface area contributed by atoms with Crippen LogP contribution < -0.4 is 21.1 Å². The first-order valence-corrected chi connectivity index (χ1v) is 11.0. The van der Waals surface area contributed by atoms with Crippen LogP contribution in [0.3, 0.4) is 0 Å². The lowest BCUT2D eigenvalue weighted by Gasteiger charge is -2.16. The molecule has 2 aromatic rings. The number of nitrogens with zero attached hydrogens (tertiary/aromatic N) is 1. The average Bonchev–Trinajstić information content (AvgIpc) is 3.53. The van der Waals surface area contributed by atoms with Gasteiger partial charge < -0.3 is 26.0 Å². The molecule has 7 heteroatoms. The Morgan fingerprint density at radius 2 is 2.03 bits per heavy atom. The van der Waals surface area contributed by atoms with Crippen LogP contribution in [0.25, 0.3) is 5.70 Å². The van der Waals surface area contributed by atoms with Crippen molar-refractivity contribution in [1.82, 2.24) is 15.5 Å². The molecule has 1 atom stereocenters. The summed E-state index contributed by atoms with van der Waals surface area (Å²) in [6.45, 7) is 10.0. The zero-order valence-electron chi connectivity index (χ0n) is 18.6. The predicted molar refractivity (Wildman–Crippen MR) is 125 cm³/mol. The number of anilines is 1. The Morgan fingerprint density at radius 1 is 1.25 bits per heavy atom. The second-order valence-electron chi connectivity index (χ2n) is 8.58. The van der Waals surface area contributed by atoms with Crippen LogP contribution in [0.4, 0.5) is 5.69 Å². The summed E-state index contributed by atoms with van der Waals surface area (Å²) in [7, 11) is 0. The highest BCUT2D eigenvalue weighted by Gasteiger charge is 2.28. The minimum atomic E-state index is -0.271. The number of hydrogen-bond donors (Lipinski definition) is 3. The second kappa shape index (κ2) is 9.04. The number of nitrogen functional groups attached to an aromatic ring is 1. The summed E-state index contributed by atoms with van der Waals surface area (Å²) in [5.74, 6) is 0.439. The maximum absolute atomic E-state index is 12.8. The van der Waals surface area contributed by atoms with Crippen LogP contribution >= 0.6 is 0 Å². The van der Waals surface area contributed by atoms with E-state index in [-0.39, 0.29) is 24.0 Å². The number of nitrogens with one attached hydrogen (secondary N) is 2. The first kappa shape index (κ1) is 21.9. The Hall–Kier alpha value is -3.32. The molecule has 0 unspecified atom stereocenters. The van der Waals surface area contributed by atoms with Crippen molar-refractivity contribution in [2.24, 2.45) is 0 Å². The van der Waals surface area contributed by atoms with Crippen LogP contribution in [0.15, 0.2) is 43.0 Å². The van der Waals surface area contributed by atoms with Crippen molar-refractivity contribution in [2.45, 2.75) is 38.8 Å². The number of amides is 2. The molecule has 1 fully saturated rings. The molecule has 0 bridgehead atoms. The molecule has 1 aliphatic heterocycles. The number of hydrogen-bond acceptors (Lipinski definition) is 5. The number of rotatable bonds is 8. The van der Waals surface area contributed by atoms with Crippen molar-refractivity contribution in [3.8, 4) is 5.75 Å². The fraction of sp³-hybridized carbons (Fsp3) is 0.360. The van der Waals surface area contributed by atoms with Crippen LogP contribution in [-0.2, 0) is 11.2 Å². The highest BCUT2D eigenvalue weighted by Crippen LogP contribution is 2.35. The minimum absolute atomic E-state index is 0.000388. The maximum Gasteiger partial charge on any atom is 0.255 e. The molecule has 2 aromatic carbocycles. The van der Waals surface area contributed by atoms with Gasteiger partial charge in [-0.25, -0.2) is 0 Å². The van der Waals surface area contributed by atoms with Gasteiger partial charge in [0.2, 0.25) is 5.91 Å². The minimum Gasteiger partial charge on any atom is -0.489 e. The number of carbonyl (C=O) groups is 2. The lowest BCUT2D eigenvalue weighted by atomic mass is 10.00. The van der Waals surface area contributed by atoms with Crippen molar-refractivity contribution < 1.29 is 14.3 Å². The van der Waals surface area contributed by atoms with Gasteiger partial charge >= 0.3 is 0 Å². The van der Waals surface area contributed by atoms with Gasteiger partial charge in [-0.05, 0) is 56.0 Å². The Labute approximate surface area is 188 Å². The van der Waals surface area contributed by atoms with Crippen LogP contribution in [-0.4, -0.2) is 42.5 Å². The van der Waals surface area contributed by atoms with Crippen LogP contribution in [0.5, 0.6) is 5.75 Å². The van der Waals surface area contributed by atoms with Crippen LogP contribution in [0.2, 0.25) is 0 Å². The van der Waals surface area contributed by atoms with E-state index in [1.807, 2.05) is 30.9 Å². The van der Waals surface area contributed by atoms with E-state index >= 15 is 0 Å². The topological polar surface area (TPSA) is 96.5 Å². The average molecular weight is 435 g/mol. The monoisotopic (exact) mass is 434 g/mol. The summed E-state index contributed by atoms with van der Waals surface area (Å²) in [6, 6.07) is 11.2. The molecule has 0 radical (unpaired) electrons. The molecule has 1 saturated heterocycles. The zero-order chi connectivity index (χ0) is 22.8. The molecule has 0 saturated carbocycles. The highest BCUT2D eigenvalue weighted by atomic mass is 16.5. The van der Waals surface area contributed by atoms with Crippen molar-refractivity contribution in [2.75, 3.05) is 25.4 Å². The van der Waals surface area contributed by atoms with Crippen LogP contribution in [0, 0.1) is 0 Å². The quantitative estimate of drug-likeness (QED) is 0.439. The summed E-state index contributed by atoms with van der Waals surface area (Å²) in [5, 5.41) is 6.29. The summed E-state index contributed by atoms with van der Waals surface area (Å²) in [5.41, 5.74) is 10.7. The van der Waals surface area contributed by atoms with E-state index < -0.39 is 0 Å². The van der Waals surface area contributed by atoms with Gasteiger partial charge in [0.1, 0.15) is 5.75 Å². The van der Waals surface area contributed by atoms with E-state index in [4.69, 9.17) is 10.5 Å². The molecule has 7 nitrogen and oxygen atoms in total. The molecule has 0 spiro atoms. The molecule has 1 aliphatic carbocycles. The first-order chi connectivity index (χ1) is 15.3. The molecule has 4 N–H and O–H groups in total. The van der Waals surface area contributed by atoms with Gasteiger partial charge in [-0.1, -0.05) is 24.8 Å². The molecule has 1 heterocycles. The van der Waals surface area contributed by atoms with Crippen molar-refractivity contribution in [1.29, 1.82) is 0 Å². The molecule has 2 amide bonds. The first-order valence-electron chi connectivity index (χ1n) is 11.0. The Morgan fingerprint density at radius 3 is 2.72 bits per heavy atom. The van der Waals surface area contributed by atoms with Gasteiger partial charge in [0.25, 0.3) is 5.91 Å². The largest absolute Gasteiger partial charge is 0.489 e. The zero-order valence-corrected chi connectivity index (χ0v) is 18.6. The number of carbonyl (C=O) groups excluding carboxylic acids is 2. The normalized spacial score (nSPS) is 16.6. The van der Waals surface area contributed by atoms with E-state index in [9.17, 15) is 9.59 Å².